The third-order valence-corrected chi connectivity index (χ3v) is 2.57. The Balaban J connectivity index is 2.44. The Labute approximate surface area is 105 Å². The van der Waals surface area contributed by atoms with E-state index in [0.29, 0.717) is 13.1 Å². The summed E-state index contributed by atoms with van der Waals surface area (Å²) in [6, 6.07) is -0.278. The zero-order valence-corrected chi connectivity index (χ0v) is 10.5. The van der Waals surface area contributed by atoms with E-state index < -0.39 is 11.9 Å². The van der Waals surface area contributed by atoms with Gasteiger partial charge in [0.25, 0.3) is 0 Å². The minimum Gasteiger partial charge on any atom is -0.481 e. The fraction of sp³-hybridized carbons (Fsp3) is 0.545. The molecular weight excluding hydrogens is 236 g/mol. The molecule has 0 saturated carbocycles. The molecule has 1 heterocycles. The molecule has 1 unspecified atom stereocenters. The summed E-state index contributed by atoms with van der Waals surface area (Å²) in [5.41, 5.74) is 0.797. The van der Waals surface area contributed by atoms with Crippen LogP contribution in [-0.2, 0) is 11.3 Å². The average molecular weight is 254 g/mol. The maximum atomic E-state index is 11.8. The van der Waals surface area contributed by atoms with Gasteiger partial charge in [-0.05, 0) is 6.92 Å². The first-order valence-electron chi connectivity index (χ1n) is 5.77. The lowest BCUT2D eigenvalue weighted by Gasteiger charge is -2.23. The zero-order valence-electron chi connectivity index (χ0n) is 10.5. The van der Waals surface area contributed by atoms with E-state index in [9.17, 15) is 9.59 Å². The minimum atomic E-state index is -0.908. The van der Waals surface area contributed by atoms with E-state index in [0.717, 1.165) is 5.69 Å². The van der Waals surface area contributed by atoms with E-state index in [-0.39, 0.29) is 12.6 Å². The first kappa shape index (κ1) is 14.0. The van der Waals surface area contributed by atoms with Crippen molar-refractivity contribution in [1.29, 1.82) is 0 Å². The Morgan fingerprint density at radius 1 is 1.61 bits per heavy atom. The summed E-state index contributed by atoms with van der Waals surface area (Å²) in [6.45, 7) is 4.39. The van der Waals surface area contributed by atoms with Crippen molar-refractivity contribution in [2.24, 2.45) is 5.92 Å². The van der Waals surface area contributed by atoms with E-state index in [1.807, 2.05) is 6.92 Å². The van der Waals surface area contributed by atoms with Crippen LogP contribution in [0, 0.1) is 5.92 Å². The van der Waals surface area contributed by atoms with E-state index in [1.165, 1.54) is 11.2 Å². The van der Waals surface area contributed by atoms with Gasteiger partial charge in [-0.3, -0.25) is 4.79 Å². The van der Waals surface area contributed by atoms with Crippen LogP contribution < -0.4 is 5.32 Å². The molecule has 1 atom stereocenters. The number of aromatic amines is 1. The molecule has 18 heavy (non-hydrogen) atoms. The van der Waals surface area contributed by atoms with Crippen LogP contribution in [0.2, 0.25) is 0 Å². The molecular formula is C11H18N4O3. The van der Waals surface area contributed by atoms with Gasteiger partial charge in [0.15, 0.2) is 0 Å². The molecule has 0 radical (unpaired) electrons. The van der Waals surface area contributed by atoms with E-state index in [1.54, 1.807) is 13.1 Å². The number of carbonyl (C=O) groups excluding carboxylic acids is 1. The maximum Gasteiger partial charge on any atom is 0.317 e. The summed E-state index contributed by atoms with van der Waals surface area (Å²) in [5.74, 6) is -1.49. The molecule has 7 heteroatoms. The smallest absolute Gasteiger partial charge is 0.317 e. The predicted molar refractivity (Wildman–Crippen MR) is 64.9 cm³/mol. The zero-order chi connectivity index (χ0) is 13.5. The number of aliphatic carboxylic acids is 1. The number of amides is 2. The number of carbonyl (C=O) groups is 2. The van der Waals surface area contributed by atoms with Gasteiger partial charge in [0.05, 0.1) is 24.5 Å². The molecule has 100 valence electrons. The maximum absolute atomic E-state index is 11.8. The monoisotopic (exact) mass is 254 g/mol. The van der Waals surface area contributed by atoms with Gasteiger partial charge in [0, 0.05) is 19.3 Å². The quantitative estimate of drug-likeness (QED) is 0.694. The summed E-state index contributed by atoms with van der Waals surface area (Å²) < 4.78 is 0. The van der Waals surface area contributed by atoms with Crippen LogP contribution in [0.1, 0.15) is 19.5 Å². The molecule has 1 aromatic rings. The molecule has 0 bridgehead atoms. The number of H-pyrrole nitrogens is 1. The highest BCUT2D eigenvalue weighted by Gasteiger charge is 2.18. The second-order valence-corrected chi connectivity index (χ2v) is 4.01. The molecule has 0 aliphatic carbocycles. The van der Waals surface area contributed by atoms with Gasteiger partial charge in [-0.25, -0.2) is 9.78 Å². The van der Waals surface area contributed by atoms with Crippen molar-refractivity contribution >= 4 is 12.0 Å². The molecule has 7 nitrogen and oxygen atoms in total. The Morgan fingerprint density at radius 3 is 2.83 bits per heavy atom. The van der Waals surface area contributed by atoms with Crippen molar-refractivity contribution in [3.05, 3.63) is 18.2 Å². The molecule has 0 fully saturated rings. The Hall–Kier alpha value is -2.05. The van der Waals surface area contributed by atoms with Crippen molar-refractivity contribution in [3.63, 3.8) is 0 Å². The average Bonchev–Trinajstić information content (AvgIpc) is 2.85. The summed E-state index contributed by atoms with van der Waals surface area (Å²) in [7, 11) is 0. The molecule has 1 rings (SSSR count). The van der Waals surface area contributed by atoms with Crippen molar-refractivity contribution < 1.29 is 14.7 Å². The summed E-state index contributed by atoms with van der Waals surface area (Å²) in [4.78, 5) is 30.7. The van der Waals surface area contributed by atoms with Crippen molar-refractivity contribution in [2.75, 3.05) is 13.1 Å². The summed E-state index contributed by atoms with van der Waals surface area (Å²) in [6.07, 6.45) is 3.15. The first-order valence-corrected chi connectivity index (χ1v) is 5.77. The van der Waals surface area contributed by atoms with Crippen LogP contribution in [0.4, 0.5) is 4.79 Å². The molecule has 1 aromatic heterocycles. The second kappa shape index (κ2) is 6.63. The normalized spacial score (nSPS) is 11.9. The lowest BCUT2D eigenvalue weighted by atomic mass is 10.2. The van der Waals surface area contributed by atoms with Crippen LogP contribution >= 0.6 is 0 Å². The number of imidazole rings is 1. The lowest BCUT2D eigenvalue weighted by molar-refractivity contribution is -0.141. The molecule has 2 amide bonds. The van der Waals surface area contributed by atoms with Crippen molar-refractivity contribution in [3.8, 4) is 0 Å². The standard InChI is InChI=1S/C11H18N4O3/c1-3-15(6-8(2)10(16)17)11(18)13-5-9-4-12-7-14-9/h4,7-8H,3,5-6H2,1-2H3,(H,12,14)(H,13,18)(H,16,17). The number of nitrogens with one attached hydrogen (secondary N) is 2. The number of nitrogens with zero attached hydrogens (tertiary/aromatic N) is 2. The predicted octanol–water partition coefficient (Wildman–Crippen LogP) is 0.662. The van der Waals surface area contributed by atoms with Crippen LogP contribution in [-0.4, -0.2) is 45.1 Å². The Bertz CT molecular complexity index is 391. The molecule has 0 aliphatic rings. The van der Waals surface area contributed by atoms with Gasteiger partial charge < -0.3 is 20.3 Å². The second-order valence-electron chi connectivity index (χ2n) is 4.01. The molecule has 0 saturated heterocycles. The van der Waals surface area contributed by atoms with Crippen LogP contribution in [0.15, 0.2) is 12.5 Å². The highest BCUT2D eigenvalue weighted by Crippen LogP contribution is 2.01. The highest BCUT2D eigenvalue weighted by molar-refractivity contribution is 5.75. The topological polar surface area (TPSA) is 98.3 Å². The number of rotatable bonds is 6. The van der Waals surface area contributed by atoms with Gasteiger partial charge in [0.1, 0.15) is 0 Å². The van der Waals surface area contributed by atoms with Crippen molar-refractivity contribution in [2.45, 2.75) is 20.4 Å². The van der Waals surface area contributed by atoms with Gasteiger partial charge in [-0.1, -0.05) is 6.92 Å². The van der Waals surface area contributed by atoms with Gasteiger partial charge >= 0.3 is 12.0 Å². The molecule has 0 spiro atoms. The third-order valence-electron chi connectivity index (χ3n) is 2.57. The summed E-state index contributed by atoms with van der Waals surface area (Å²) >= 11 is 0. The van der Waals surface area contributed by atoms with Crippen molar-refractivity contribution in [1.82, 2.24) is 20.2 Å². The first-order chi connectivity index (χ1) is 8.54. The highest BCUT2D eigenvalue weighted by atomic mass is 16.4. The lowest BCUT2D eigenvalue weighted by Crippen LogP contribution is -2.42. The number of carboxylic acid groups (broad SMARTS) is 1. The number of carboxylic acids is 1. The van der Waals surface area contributed by atoms with E-state index >= 15 is 0 Å². The SMILES string of the molecule is CCN(CC(C)C(=O)O)C(=O)NCc1cnc[nH]1. The van der Waals surface area contributed by atoms with Gasteiger partial charge in [-0.15, -0.1) is 0 Å². The molecule has 3 N–H and O–H groups in total. The Kier molecular flexibility index (Phi) is 5.16. The van der Waals surface area contributed by atoms with E-state index in [2.05, 4.69) is 15.3 Å². The number of aromatic nitrogens is 2. The summed E-state index contributed by atoms with van der Waals surface area (Å²) in [5, 5.41) is 11.5. The van der Waals surface area contributed by atoms with Crippen LogP contribution in [0.3, 0.4) is 0 Å². The third kappa shape index (κ3) is 4.08. The van der Waals surface area contributed by atoms with Gasteiger partial charge in [-0.2, -0.15) is 0 Å². The van der Waals surface area contributed by atoms with Gasteiger partial charge in [0.2, 0.25) is 0 Å². The number of hydrogen-bond acceptors (Lipinski definition) is 3. The minimum absolute atomic E-state index is 0.195. The largest absolute Gasteiger partial charge is 0.481 e. The molecule has 0 aliphatic heterocycles. The number of urea groups is 1. The van der Waals surface area contributed by atoms with E-state index in [4.69, 9.17) is 5.11 Å². The Morgan fingerprint density at radius 2 is 2.33 bits per heavy atom. The fourth-order valence-corrected chi connectivity index (χ4v) is 1.43. The van der Waals surface area contributed by atoms with Crippen LogP contribution in [0.5, 0.6) is 0 Å². The number of hydrogen-bond donors (Lipinski definition) is 3. The molecule has 0 aromatic carbocycles. The van der Waals surface area contributed by atoms with Crippen LogP contribution in [0.25, 0.3) is 0 Å². The fourth-order valence-electron chi connectivity index (χ4n) is 1.43.